The van der Waals surface area contributed by atoms with E-state index < -0.39 is 5.92 Å². The predicted molar refractivity (Wildman–Crippen MR) is 135 cm³/mol. The Morgan fingerprint density at radius 3 is 1.86 bits per heavy atom. The topological polar surface area (TPSA) is 70.8 Å². The molecule has 0 fully saturated rings. The number of hydrogen-bond donors (Lipinski definition) is 0. The molecule has 4 rings (SSSR count). The first-order chi connectivity index (χ1) is 17.1. The molecule has 0 aromatic heterocycles. The van der Waals surface area contributed by atoms with Crippen LogP contribution in [0.3, 0.4) is 0 Å². The summed E-state index contributed by atoms with van der Waals surface area (Å²) in [5.74, 6) is 1.39. The van der Waals surface area contributed by atoms with Crippen molar-refractivity contribution >= 4 is 0 Å². The van der Waals surface area contributed by atoms with Gasteiger partial charge in [-0.3, -0.25) is 10.1 Å². The van der Waals surface area contributed by atoms with E-state index in [-0.39, 0.29) is 11.5 Å². The Hall–Kier alpha value is -4.32. The summed E-state index contributed by atoms with van der Waals surface area (Å²) < 4.78 is 17.3. The molecule has 0 aliphatic carbocycles. The second kappa shape index (κ2) is 11.7. The number of nitro groups is 1. The average Bonchev–Trinajstić information content (AvgIpc) is 2.91. The molecule has 0 aliphatic rings. The fourth-order valence-corrected chi connectivity index (χ4v) is 3.85. The molecule has 0 N–H and O–H groups in total. The van der Waals surface area contributed by atoms with Crippen molar-refractivity contribution in [3.05, 3.63) is 135 Å². The number of methoxy groups -OCH3 is 1. The van der Waals surface area contributed by atoms with Crippen LogP contribution in [0.25, 0.3) is 0 Å². The molecule has 1 unspecified atom stereocenters. The fourth-order valence-electron chi connectivity index (χ4n) is 3.85. The van der Waals surface area contributed by atoms with Gasteiger partial charge in [-0.2, -0.15) is 0 Å². The van der Waals surface area contributed by atoms with E-state index in [9.17, 15) is 10.1 Å². The predicted octanol–water partition coefficient (Wildman–Crippen LogP) is 6.26. The molecule has 0 amide bonds. The van der Waals surface area contributed by atoms with E-state index in [2.05, 4.69) is 0 Å². The first-order valence-corrected chi connectivity index (χ1v) is 11.4. The lowest BCUT2D eigenvalue weighted by Crippen LogP contribution is -2.14. The van der Waals surface area contributed by atoms with E-state index in [0.29, 0.717) is 30.5 Å². The average molecular weight is 470 g/mol. The van der Waals surface area contributed by atoms with Crippen LogP contribution in [0, 0.1) is 10.1 Å². The summed E-state index contributed by atoms with van der Waals surface area (Å²) in [4.78, 5) is 11.2. The molecule has 6 nitrogen and oxygen atoms in total. The third-order valence-electron chi connectivity index (χ3n) is 5.69. The second-order valence-corrected chi connectivity index (χ2v) is 8.10. The van der Waals surface area contributed by atoms with E-state index in [1.54, 1.807) is 13.2 Å². The molecule has 35 heavy (non-hydrogen) atoms. The highest BCUT2D eigenvalue weighted by Gasteiger charge is 2.22. The normalized spacial score (nSPS) is 11.5. The van der Waals surface area contributed by atoms with E-state index in [0.717, 1.165) is 22.3 Å². The van der Waals surface area contributed by atoms with Gasteiger partial charge in [0.25, 0.3) is 0 Å². The maximum atomic E-state index is 11.5. The van der Waals surface area contributed by atoms with Gasteiger partial charge < -0.3 is 14.2 Å². The van der Waals surface area contributed by atoms with Gasteiger partial charge in [0.05, 0.1) is 13.0 Å². The molecular formula is C29H27NO5. The molecule has 0 bridgehead atoms. The van der Waals surface area contributed by atoms with Crippen molar-refractivity contribution < 1.29 is 19.1 Å². The Kier molecular flexibility index (Phi) is 7.96. The van der Waals surface area contributed by atoms with Gasteiger partial charge in [-0.05, 0) is 46.5 Å². The SMILES string of the molecule is COc1cc(C(C[N+](=O)[O-])c2ccc(OCc3ccccc3)cc2)ccc1OCc1ccccc1. The maximum absolute atomic E-state index is 11.5. The summed E-state index contributed by atoms with van der Waals surface area (Å²) in [5, 5.41) is 11.5. The van der Waals surface area contributed by atoms with Crippen molar-refractivity contribution in [1.29, 1.82) is 0 Å². The Morgan fingerprint density at radius 1 is 0.714 bits per heavy atom. The van der Waals surface area contributed by atoms with Crippen LogP contribution >= 0.6 is 0 Å². The Balaban J connectivity index is 1.50. The Bertz CT molecular complexity index is 1230. The summed E-state index contributed by atoms with van der Waals surface area (Å²) in [7, 11) is 1.57. The monoisotopic (exact) mass is 469 g/mol. The van der Waals surface area contributed by atoms with E-state index in [1.807, 2.05) is 97.1 Å². The van der Waals surface area contributed by atoms with Crippen molar-refractivity contribution in [3.63, 3.8) is 0 Å². The van der Waals surface area contributed by atoms with Gasteiger partial charge in [0.1, 0.15) is 19.0 Å². The number of hydrogen-bond acceptors (Lipinski definition) is 5. The molecule has 4 aromatic rings. The molecule has 0 saturated heterocycles. The first kappa shape index (κ1) is 23.8. The van der Waals surface area contributed by atoms with Crippen molar-refractivity contribution in [2.24, 2.45) is 0 Å². The summed E-state index contributed by atoms with van der Waals surface area (Å²) in [5.41, 5.74) is 3.72. The van der Waals surface area contributed by atoms with Crippen molar-refractivity contribution in [1.82, 2.24) is 0 Å². The molecule has 0 saturated carbocycles. The molecule has 178 valence electrons. The molecule has 1 atom stereocenters. The smallest absolute Gasteiger partial charge is 0.214 e. The Morgan fingerprint density at radius 2 is 1.29 bits per heavy atom. The third-order valence-corrected chi connectivity index (χ3v) is 5.69. The van der Waals surface area contributed by atoms with Crippen LogP contribution in [-0.4, -0.2) is 18.6 Å². The minimum Gasteiger partial charge on any atom is -0.493 e. The number of rotatable bonds is 11. The van der Waals surface area contributed by atoms with Crippen LogP contribution in [0.5, 0.6) is 17.2 Å². The zero-order valence-corrected chi connectivity index (χ0v) is 19.5. The third kappa shape index (κ3) is 6.60. The lowest BCUT2D eigenvalue weighted by Gasteiger charge is -2.17. The highest BCUT2D eigenvalue weighted by molar-refractivity contribution is 5.47. The largest absolute Gasteiger partial charge is 0.493 e. The zero-order valence-electron chi connectivity index (χ0n) is 19.5. The minimum atomic E-state index is -0.440. The molecule has 0 heterocycles. The van der Waals surface area contributed by atoms with Gasteiger partial charge in [0.2, 0.25) is 6.54 Å². The van der Waals surface area contributed by atoms with Gasteiger partial charge in [-0.15, -0.1) is 0 Å². The molecule has 6 heteroatoms. The summed E-state index contributed by atoms with van der Waals surface area (Å²) in [6.07, 6.45) is 0. The Labute approximate surface area is 204 Å². The lowest BCUT2D eigenvalue weighted by atomic mass is 9.91. The molecule has 4 aromatic carbocycles. The van der Waals surface area contributed by atoms with Crippen LogP contribution in [0.4, 0.5) is 0 Å². The van der Waals surface area contributed by atoms with Crippen LogP contribution in [0.2, 0.25) is 0 Å². The van der Waals surface area contributed by atoms with Gasteiger partial charge >= 0.3 is 0 Å². The highest BCUT2D eigenvalue weighted by Crippen LogP contribution is 2.34. The number of benzene rings is 4. The molecule has 0 radical (unpaired) electrons. The van der Waals surface area contributed by atoms with Gasteiger partial charge in [-0.25, -0.2) is 0 Å². The van der Waals surface area contributed by atoms with Crippen LogP contribution in [0.15, 0.2) is 103 Å². The fraction of sp³-hybridized carbons (Fsp3) is 0.172. The van der Waals surface area contributed by atoms with Gasteiger partial charge in [-0.1, -0.05) is 78.9 Å². The van der Waals surface area contributed by atoms with Gasteiger partial charge in [0.15, 0.2) is 11.5 Å². The number of ether oxygens (including phenoxy) is 3. The van der Waals surface area contributed by atoms with Crippen LogP contribution in [-0.2, 0) is 13.2 Å². The first-order valence-electron chi connectivity index (χ1n) is 11.4. The lowest BCUT2D eigenvalue weighted by molar-refractivity contribution is -0.481. The second-order valence-electron chi connectivity index (χ2n) is 8.10. The molecule has 0 spiro atoms. The van der Waals surface area contributed by atoms with Crippen molar-refractivity contribution in [2.75, 3.05) is 13.7 Å². The quantitative estimate of drug-likeness (QED) is 0.191. The van der Waals surface area contributed by atoms with Crippen LogP contribution < -0.4 is 14.2 Å². The van der Waals surface area contributed by atoms with E-state index >= 15 is 0 Å². The minimum absolute atomic E-state index is 0.238. The molecule has 0 aliphatic heterocycles. The zero-order chi connectivity index (χ0) is 24.5. The highest BCUT2D eigenvalue weighted by atomic mass is 16.6. The maximum Gasteiger partial charge on any atom is 0.214 e. The standard InChI is InChI=1S/C29H27NO5/c1-33-29-18-25(14-17-28(29)35-21-23-10-6-3-7-11-23)27(19-30(31)32)24-12-15-26(16-13-24)34-20-22-8-4-2-5-9-22/h2-18,27H,19-21H2,1H3. The summed E-state index contributed by atoms with van der Waals surface area (Å²) >= 11 is 0. The van der Waals surface area contributed by atoms with Gasteiger partial charge in [0, 0.05) is 4.92 Å². The van der Waals surface area contributed by atoms with Crippen molar-refractivity contribution in [2.45, 2.75) is 19.1 Å². The van der Waals surface area contributed by atoms with Crippen molar-refractivity contribution in [3.8, 4) is 17.2 Å². The van der Waals surface area contributed by atoms with Crippen LogP contribution in [0.1, 0.15) is 28.2 Å². The summed E-state index contributed by atoms with van der Waals surface area (Å²) in [6, 6.07) is 32.7. The number of nitrogens with zero attached hydrogens (tertiary/aromatic N) is 1. The van der Waals surface area contributed by atoms with E-state index in [1.165, 1.54) is 0 Å². The van der Waals surface area contributed by atoms with E-state index in [4.69, 9.17) is 14.2 Å². The molecular weight excluding hydrogens is 442 g/mol. The summed E-state index contributed by atoms with van der Waals surface area (Å²) in [6.45, 7) is 0.622.